The van der Waals surface area contributed by atoms with Crippen molar-refractivity contribution in [2.45, 2.75) is 39.7 Å². The predicted molar refractivity (Wildman–Crippen MR) is 50.1 cm³/mol. The lowest BCUT2D eigenvalue weighted by Gasteiger charge is -2.20. The Morgan fingerprint density at radius 3 is 2.18 bits per heavy atom. The maximum Gasteiger partial charge on any atom is 0.222 e. The number of nitrogens with zero attached hydrogens (tertiary/aromatic N) is 1. The van der Waals surface area contributed by atoms with Crippen LogP contribution in [0.1, 0.15) is 33.6 Å². The van der Waals surface area contributed by atoms with Gasteiger partial charge in [0.1, 0.15) is 0 Å². The van der Waals surface area contributed by atoms with Crippen LogP contribution in [0.3, 0.4) is 0 Å². The van der Waals surface area contributed by atoms with Crippen LogP contribution in [0.5, 0.6) is 0 Å². The molecule has 0 bridgehead atoms. The molecule has 0 saturated carbocycles. The van der Waals surface area contributed by atoms with E-state index in [4.69, 9.17) is 0 Å². The highest BCUT2D eigenvalue weighted by molar-refractivity contribution is 5.85. The first-order chi connectivity index (χ1) is 4.59. The third-order valence-corrected chi connectivity index (χ3v) is 1.63. The number of carbonyl (C=O) groups is 1. The Balaban J connectivity index is 0. The predicted octanol–water partition coefficient (Wildman–Crippen LogP) is 2.08. The third kappa shape index (κ3) is 5.08. The average Bonchev–Trinajstić information content (AvgIpc) is 1.87. The van der Waals surface area contributed by atoms with Crippen molar-refractivity contribution in [3.63, 3.8) is 0 Å². The van der Waals surface area contributed by atoms with Crippen LogP contribution < -0.4 is 0 Å². The van der Waals surface area contributed by atoms with Crippen molar-refractivity contribution in [3.05, 3.63) is 0 Å². The zero-order chi connectivity index (χ0) is 8.15. The first kappa shape index (κ1) is 13.4. The summed E-state index contributed by atoms with van der Waals surface area (Å²) in [5.74, 6) is 0.248. The maximum absolute atomic E-state index is 11.1. The second-order valence-electron chi connectivity index (χ2n) is 2.85. The molecule has 3 heteroatoms. The molecule has 2 nitrogen and oxygen atoms in total. The van der Waals surface area contributed by atoms with Gasteiger partial charge in [-0.25, -0.2) is 0 Å². The summed E-state index contributed by atoms with van der Waals surface area (Å²) in [6.07, 6.45) is 1.62. The molecule has 0 aliphatic carbocycles. The van der Waals surface area contributed by atoms with E-state index in [1.54, 1.807) is 4.90 Å². The third-order valence-electron chi connectivity index (χ3n) is 1.63. The molecule has 0 aromatic rings. The lowest BCUT2D eigenvalue weighted by molar-refractivity contribution is -0.131. The Kier molecular flexibility index (Phi) is 7.85. The van der Waals surface area contributed by atoms with E-state index in [9.17, 15) is 4.79 Å². The molecule has 0 atom stereocenters. The minimum Gasteiger partial charge on any atom is -0.343 e. The SMILES string of the molecule is CCCC(=O)N(C)C(C)C.Cl. The monoisotopic (exact) mass is 179 g/mol. The van der Waals surface area contributed by atoms with Gasteiger partial charge in [0, 0.05) is 19.5 Å². The van der Waals surface area contributed by atoms with E-state index in [0.29, 0.717) is 12.5 Å². The van der Waals surface area contributed by atoms with Gasteiger partial charge in [0.25, 0.3) is 0 Å². The van der Waals surface area contributed by atoms with Crippen LogP contribution in [0, 0.1) is 0 Å². The molecule has 0 fully saturated rings. The van der Waals surface area contributed by atoms with Gasteiger partial charge in [0.15, 0.2) is 0 Å². The fourth-order valence-corrected chi connectivity index (χ4v) is 0.678. The van der Waals surface area contributed by atoms with E-state index in [1.807, 2.05) is 27.8 Å². The van der Waals surface area contributed by atoms with E-state index in [1.165, 1.54) is 0 Å². The van der Waals surface area contributed by atoms with E-state index in [2.05, 4.69) is 0 Å². The van der Waals surface area contributed by atoms with Crippen molar-refractivity contribution >= 4 is 18.3 Å². The van der Waals surface area contributed by atoms with Crippen LogP contribution in [0.4, 0.5) is 0 Å². The summed E-state index contributed by atoms with van der Waals surface area (Å²) >= 11 is 0. The second-order valence-corrected chi connectivity index (χ2v) is 2.85. The molecule has 0 aromatic heterocycles. The highest BCUT2D eigenvalue weighted by Gasteiger charge is 2.09. The summed E-state index contributed by atoms with van der Waals surface area (Å²) < 4.78 is 0. The van der Waals surface area contributed by atoms with Gasteiger partial charge in [-0.3, -0.25) is 4.79 Å². The van der Waals surface area contributed by atoms with Crippen molar-refractivity contribution in [1.29, 1.82) is 0 Å². The molecule has 68 valence electrons. The molecule has 0 saturated heterocycles. The Hall–Kier alpha value is -0.240. The van der Waals surface area contributed by atoms with Crippen molar-refractivity contribution in [3.8, 4) is 0 Å². The molecule has 0 unspecified atom stereocenters. The van der Waals surface area contributed by atoms with Gasteiger partial charge in [-0.1, -0.05) is 6.92 Å². The molecule has 0 aliphatic heterocycles. The van der Waals surface area contributed by atoms with Crippen LogP contribution in [0.25, 0.3) is 0 Å². The van der Waals surface area contributed by atoms with E-state index >= 15 is 0 Å². The van der Waals surface area contributed by atoms with Gasteiger partial charge in [0.05, 0.1) is 0 Å². The maximum atomic E-state index is 11.1. The standard InChI is InChI=1S/C8H17NO.ClH/c1-5-6-8(10)9(4)7(2)3;/h7H,5-6H2,1-4H3;1H. The molecule has 0 heterocycles. The second kappa shape index (κ2) is 6.47. The van der Waals surface area contributed by atoms with Gasteiger partial charge < -0.3 is 4.90 Å². The highest BCUT2D eigenvalue weighted by atomic mass is 35.5. The van der Waals surface area contributed by atoms with E-state index in [0.717, 1.165) is 6.42 Å². The number of amides is 1. The Morgan fingerprint density at radius 1 is 1.45 bits per heavy atom. The van der Waals surface area contributed by atoms with Crippen molar-refractivity contribution < 1.29 is 4.79 Å². The molecule has 0 spiro atoms. The van der Waals surface area contributed by atoms with Crippen LogP contribution in [0.2, 0.25) is 0 Å². The molecule has 0 rings (SSSR count). The van der Waals surface area contributed by atoms with E-state index in [-0.39, 0.29) is 18.3 Å². The highest BCUT2D eigenvalue weighted by Crippen LogP contribution is 1.98. The molecule has 1 amide bonds. The van der Waals surface area contributed by atoms with Gasteiger partial charge in [0.2, 0.25) is 5.91 Å². The summed E-state index contributed by atoms with van der Waals surface area (Å²) in [6.45, 7) is 6.06. The summed E-state index contributed by atoms with van der Waals surface area (Å²) in [6, 6.07) is 0.332. The summed E-state index contributed by atoms with van der Waals surface area (Å²) in [4.78, 5) is 12.9. The lowest BCUT2D eigenvalue weighted by atomic mass is 10.2. The van der Waals surface area contributed by atoms with Crippen molar-refractivity contribution in [1.82, 2.24) is 4.90 Å². The summed E-state index contributed by atoms with van der Waals surface area (Å²) in [5.41, 5.74) is 0. The van der Waals surface area contributed by atoms with Gasteiger partial charge in [-0.05, 0) is 20.3 Å². The molecular weight excluding hydrogens is 162 g/mol. The molecule has 0 aromatic carbocycles. The van der Waals surface area contributed by atoms with Crippen LogP contribution in [0.15, 0.2) is 0 Å². The van der Waals surface area contributed by atoms with Gasteiger partial charge >= 0.3 is 0 Å². The van der Waals surface area contributed by atoms with Crippen molar-refractivity contribution in [2.24, 2.45) is 0 Å². The Morgan fingerprint density at radius 2 is 1.91 bits per heavy atom. The summed E-state index contributed by atoms with van der Waals surface area (Å²) in [7, 11) is 1.85. The Labute approximate surface area is 75.4 Å². The topological polar surface area (TPSA) is 20.3 Å². The first-order valence-electron chi connectivity index (χ1n) is 3.85. The Bertz CT molecular complexity index is 115. The number of hydrogen-bond donors (Lipinski definition) is 0. The zero-order valence-corrected chi connectivity index (χ0v) is 8.57. The molecule has 0 aliphatic rings. The number of carbonyl (C=O) groups excluding carboxylic acids is 1. The lowest BCUT2D eigenvalue weighted by Crippen LogP contribution is -2.32. The smallest absolute Gasteiger partial charge is 0.222 e. The average molecular weight is 180 g/mol. The molecule has 0 radical (unpaired) electrons. The quantitative estimate of drug-likeness (QED) is 0.650. The largest absolute Gasteiger partial charge is 0.343 e. The van der Waals surface area contributed by atoms with Crippen LogP contribution in [-0.2, 0) is 4.79 Å². The minimum absolute atomic E-state index is 0. The number of halogens is 1. The fourth-order valence-electron chi connectivity index (χ4n) is 0.678. The number of hydrogen-bond acceptors (Lipinski definition) is 1. The summed E-state index contributed by atoms with van der Waals surface area (Å²) in [5, 5.41) is 0. The molecule has 11 heavy (non-hydrogen) atoms. The van der Waals surface area contributed by atoms with Gasteiger partial charge in [-0.2, -0.15) is 0 Å². The van der Waals surface area contributed by atoms with Crippen molar-refractivity contribution in [2.75, 3.05) is 7.05 Å². The fraction of sp³-hybridized carbons (Fsp3) is 0.875. The van der Waals surface area contributed by atoms with Gasteiger partial charge in [-0.15, -0.1) is 12.4 Å². The van der Waals surface area contributed by atoms with E-state index < -0.39 is 0 Å². The van der Waals surface area contributed by atoms with Crippen LogP contribution >= 0.6 is 12.4 Å². The molecule has 0 N–H and O–H groups in total. The molecular formula is C8H18ClNO. The number of rotatable bonds is 3. The minimum atomic E-state index is 0. The normalized spacial score (nSPS) is 9.18. The zero-order valence-electron chi connectivity index (χ0n) is 7.76. The van der Waals surface area contributed by atoms with Crippen LogP contribution in [-0.4, -0.2) is 23.9 Å². The first-order valence-corrected chi connectivity index (χ1v) is 3.85.